The molecule has 0 spiro atoms. The van der Waals surface area contributed by atoms with Gasteiger partial charge in [0.2, 0.25) is 23.6 Å². The number of rotatable bonds is 27. The Bertz CT molecular complexity index is 1830. The molecule has 75 heavy (non-hydrogen) atoms. The molecule has 0 saturated carbocycles. The number of nitrogens with zero attached hydrogens (tertiary/aromatic N) is 2. The first-order valence-corrected chi connectivity index (χ1v) is 23.3. The molecular weight excluding hydrogens is 1020 g/mol. The zero-order chi connectivity index (χ0) is 55.8. The van der Waals surface area contributed by atoms with Gasteiger partial charge in [-0.05, 0) is 6.92 Å². The third kappa shape index (κ3) is 18.5. The number of nitrogens with two attached hydrogens (primary N) is 2. The summed E-state index contributed by atoms with van der Waals surface area (Å²) in [5.41, 5.74) is 14.4. The Hall–Kier alpha value is -4.10. The van der Waals surface area contributed by atoms with Gasteiger partial charge >= 0.3 is 0 Å². The largest absolute Gasteiger partial charge is 0.394 e. The summed E-state index contributed by atoms with van der Waals surface area (Å²) in [4.78, 5) is 76.5. The monoisotopic (exact) mass is 1090 g/mol. The fraction of sp³-hybridized carbons (Fsp3) is 0.850. The molecule has 21 N–H and O–H groups in total. The van der Waals surface area contributed by atoms with E-state index in [1.165, 1.54) is 6.92 Å². The minimum absolute atomic E-state index is 0.230. The van der Waals surface area contributed by atoms with Gasteiger partial charge in [0.15, 0.2) is 25.2 Å². The highest BCUT2D eigenvalue weighted by atomic mass is 16.8. The van der Waals surface area contributed by atoms with E-state index in [0.29, 0.717) is 0 Å². The van der Waals surface area contributed by atoms with Crippen LogP contribution in [0, 0.1) is 0 Å². The van der Waals surface area contributed by atoms with Gasteiger partial charge in [-0.15, -0.1) is 0 Å². The lowest BCUT2D eigenvalue weighted by Crippen LogP contribution is -2.65. The predicted molar refractivity (Wildman–Crippen MR) is 237 cm³/mol. The van der Waals surface area contributed by atoms with Crippen LogP contribution in [-0.4, -0.2) is 320 Å². The van der Waals surface area contributed by atoms with E-state index in [2.05, 4.69) is 16.1 Å². The molecule has 0 unspecified atom stereocenters. The summed E-state index contributed by atoms with van der Waals surface area (Å²) in [6.45, 7) is -6.25. The van der Waals surface area contributed by atoms with Crippen LogP contribution in [0.25, 0.3) is 0 Å². The van der Waals surface area contributed by atoms with Crippen LogP contribution < -0.4 is 33.0 Å². The first kappa shape index (κ1) is 63.4. The Labute approximate surface area is 426 Å². The smallest absolute Gasteiger partial charge is 0.252 e. The number of amides is 6. The Kier molecular flexibility index (Phi) is 25.5. The van der Waals surface area contributed by atoms with Crippen LogP contribution in [0.2, 0.25) is 0 Å². The Morgan fingerprint density at radius 1 is 0.453 bits per heavy atom. The first-order valence-electron chi connectivity index (χ1n) is 23.3. The van der Waals surface area contributed by atoms with Crippen molar-refractivity contribution in [3.63, 3.8) is 0 Å². The molecule has 35 heteroatoms. The van der Waals surface area contributed by atoms with Crippen molar-refractivity contribution in [3.8, 4) is 0 Å². The van der Waals surface area contributed by atoms with Gasteiger partial charge in [0.1, 0.15) is 91.6 Å². The zero-order valence-corrected chi connectivity index (χ0v) is 40.3. The summed E-state index contributed by atoms with van der Waals surface area (Å²) in [5.74, 6) is -5.35. The maximum Gasteiger partial charge on any atom is 0.252 e. The molecule has 4 rings (SSSR count). The zero-order valence-electron chi connectivity index (χ0n) is 40.3. The van der Waals surface area contributed by atoms with Gasteiger partial charge in [0, 0.05) is 13.1 Å². The van der Waals surface area contributed by atoms with Crippen molar-refractivity contribution in [3.05, 3.63) is 0 Å². The summed E-state index contributed by atoms with van der Waals surface area (Å²) in [7, 11) is 0. The van der Waals surface area contributed by atoms with E-state index in [1.54, 1.807) is 0 Å². The minimum Gasteiger partial charge on any atom is -0.394 e. The average Bonchev–Trinajstić information content (AvgIpc) is 3.35. The van der Waals surface area contributed by atoms with E-state index in [0.717, 1.165) is 9.80 Å². The highest BCUT2D eigenvalue weighted by molar-refractivity contribution is 5.87. The minimum atomic E-state index is -2.01. The lowest BCUT2D eigenvalue weighted by molar-refractivity contribution is -0.366. The number of aliphatic hydroxyl groups excluding tert-OH is 13. The fourth-order valence-electron chi connectivity index (χ4n) is 7.87. The number of ether oxygens (including phenoxy) is 8. The number of primary amides is 2. The molecule has 0 aromatic heterocycles. The molecule has 0 aromatic rings. The van der Waals surface area contributed by atoms with Gasteiger partial charge in [-0.1, -0.05) is 0 Å². The second kappa shape index (κ2) is 30.2. The number of hydrogen-bond acceptors (Lipinski definition) is 29. The van der Waals surface area contributed by atoms with Crippen molar-refractivity contribution >= 4 is 35.4 Å². The van der Waals surface area contributed by atoms with E-state index in [-0.39, 0.29) is 13.2 Å². The molecule has 432 valence electrons. The lowest BCUT2D eigenvalue weighted by Gasteiger charge is -2.46. The van der Waals surface area contributed by atoms with Crippen molar-refractivity contribution in [1.29, 1.82) is 0 Å². The van der Waals surface area contributed by atoms with Crippen molar-refractivity contribution in [1.82, 2.24) is 31.3 Å². The summed E-state index contributed by atoms with van der Waals surface area (Å²) in [5, 5.41) is 139. The first-order chi connectivity index (χ1) is 35.4. The van der Waals surface area contributed by atoms with E-state index < -0.39 is 231 Å². The van der Waals surface area contributed by atoms with Crippen LogP contribution >= 0.6 is 0 Å². The van der Waals surface area contributed by atoms with Crippen molar-refractivity contribution in [2.75, 3.05) is 85.4 Å². The molecule has 0 radical (unpaired) electrons. The molecule has 4 fully saturated rings. The van der Waals surface area contributed by atoms with Crippen LogP contribution in [0.15, 0.2) is 0 Å². The molecule has 0 bridgehead atoms. The number of hydrogen-bond donors (Lipinski definition) is 19. The molecule has 4 aliphatic heterocycles. The highest BCUT2D eigenvalue weighted by Gasteiger charge is 2.52. The molecule has 35 nitrogen and oxygen atoms in total. The van der Waals surface area contributed by atoms with Crippen LogP contribution in [0.5, 0.6) is 0 Å². The predicted octanol–water partition coefficient (Wildman–Crippen LogP) is -14.8. The number of carbonyl (C=O) groups excluding carboxylic acids is 6. The van der Waals surface area contributed by atoms with Crippen LogP contribution in [0.1, 0.15) is 6.92 Å². The van der Waals surface area contributed by atoms with E-state index in [9.17, 15) is 95.2 Å². The normalized spacial score (nSPS) is 36.2. The molecular formula is C40H70N8O27. The van der Waals surface area contributed by atoms with Crippen LogP contribution in [0.4, 0.5) is 0 Å². The van der Waals surface area contributed by atoms with E-state index >= 15 is 0 Å². The SMILES string of the molecule is C[C@@H]1O[C@@H](OCCNC(=O)CN(CC(=O)NCCO[C@H]2O[C@H](CO[C@H]3O[C@H](CO)[C@@H](O)[C@H](O)[C@@H]3O)[C@@H](O)[C@H](O[C@H]3O[C@H](CO)[C@@H](O)[C@H](O)[C@@H]3O)[C@@H]2O)CC(=O)NNC(=O)CN(CC(N)=O)CC(N)=O)[C@@H](O)[C@H](O)[C@@H]1O. The topological polar surface area (TPSA) is 546 Å². The van der Waals surface area contributed by atoms with Crippen molar-refractivity contribution in [2.24, 2.45) is 11.5 Å². The number of hydrazine groups is 1. The summed E-state index contributed by atoms with van der Waals surface area (Å²) >= 11 is 0. The van der Waals surface area contributed by atoms with Crippen molar-refractivity contribution in [2.45, 2.75) is 130 Å². The molecule has 20 atom stereocenters. The van der Waals surface area contributed by atoms with Crippen molar-refractivity contribution < 1.29 is 133 Å². The lowest BCUT2D eigenvalue weighted by atomic mass is 9.96. The maximum absolute atomic E-state index is 13.2. The Balaban J connectivity index is 1.40. The number of aliphatic hydroxyl groups is 13. The molecule has 4 heterocycles. The Morgan fingerprint density at radius 3 is 1.31 bits per heavy atom. The van der Waals surface area contributed by atoms with Gasteiger partial charge in [0.05, 0.1) is 78.4 Å². The molecule has 6 amide bonds. The maximum atomic E-state index is 13.2. The average molecular weight is 1100 g/mol. The van der Waals surface area contributed by atoms with Crippen LogP contribution in [0.3, 0.4) is 0 Å². The molecule has 0 aromatic carbocycles. The van der Waals surface area contributed by atoms with Crippen LogP contribution in [-0.2, 0) is 66.7 Å². The molecule has 4 aliphatic rings. The van der Waals surface area contributed by atoms with E-state index in [1.807, 2.05) is 5.43 Å². The van der Waals surface area contributed by atoms with Gasteiger partial charge in [0.25, 0.3) is 11.8 Å². The molecule has 0 aliphatic carbocycles. The van der Waals surface area contributed by atoms with Gasteiger partial charge < -0.3 is 126 Å². The summed E-state index contributed by atoms with van der Waals surface area (Å²) in [6, 6.07) is 0. The van der Waals surface area contributed by atoms with E-state index in [4.69, 9.17) is 49.4 Å². The second-order valence-corrected chi connectivity index (χ2v) is 17.8. The van der Waals surface area contributed by atoms with Gasteiger partial charge in [-0.25, -0.2) is 0 Å². The van der Waals surface area contributed by atoms with Gasteiger partial charge in [-0.3, -0.25) is 49.4 Å². The summed E-state index contributed by atoms with van der Waals surface area (Å²) < 4.78 is 44.0. The third-order valence-electron chi connectivity index (χ3n) is 11.8. The third-order valence-corrected chi connectivity index (χ3v) is 11.8. The fourth-order valence-corrected chi connectivity index (χ4v) is 7.87. The molecule has 4 saturated heterocycles. The highest BCUT2D eigenvalue weighted by Crippen LogP contribution is 2.31. The quantitative estimate of drug-likeness (QED) is 0.0268. The standard InChI is InChI=1S/C40H70N8O27/c1-15-25(57)29(61)32(64)37(71-15)68-4-2-43-21(53)8-48(11-24(56)46-45-23(55)10-47(6-19(41)51)7-20(42)52)9-22(54)44-3-5-69-39-35(67)36(75-40-34(66)31(63)27(59)17(13-50)73-40)28(60)18(74-39)14-70-38-33(65)30(62)26(58)16(12-49)72-38/h15-18,25-40,49-50,57-67H,2-14H2,1H3,(H2,41,51)(H2,42,52)(H,43,53)(H,44,54)(H,45,55)(H,46,56)/t15-,16+,17+,18+,25+,26+,27+,28+,29+,30-,31-,32-,33-,34-,35-,36-,37+,38-,39-,40+/m0/s1. The van der Waals surface area contributed by atoms with Gasteiger partial charge in [-0.2, -0.15) is 0 Å². The number of carbonyl (C=O) groups is 6. The second-order valence-electron chi connectivity index (χ2n) is 17.8. The Morgan fingerprint density at radius 2 is 0.840 bits per heavy atom. The number of nitrogens with one attached hydrogen (secondary N) is 4. The summed E-state index contributed by atoms with van der Waals surface area (Å²) in [6.07, 6.45) is -33.9.